The average Bonchev–Trinajstić information content (AvgIpc) is 1.91. The van der Waals surface area contributed by atoms with Crippen molar-refractivity contribution in [1.82, 2.24) is 5.32 Å². The number of nitrogens with one attached hydrogen (secondary N) is 1. The van der Waals surface area contributed by atoms with Gasteiger partial charge in [-0.05, 0) is 25.9 Å². The number of hydrogen-bond donors (Lipinski definition) is 2. The number of alkyl halides is 2. The van der Waals surface area contributed by atoms with Crippen LogP contribution >= 0.6 is 23.2 Å². The van der Waals surface area contributed by atoms with E-state index in [2.05, 4.69) is 5.32 Å². The molecule has 2 nitrogen and oxygen atoms in total. The van der Waals surface area contributed by atoms with E-state index in [9.17, 15) is 0 Å². The molecule has 0 unspecified atom stereocenters. The van der Waals surface area contributed by atoms with Gasteiger partial charge in [0, 0.05) is 6.04 Å². The Labute approximate surface area is 72.1 Å². The summed E-state index contributed by atoms with van der Waals surface area (Å²) in [6.07, 6.45) is 2.31. The third-order valence-electron chi connectivity index (χ3n) is 1.38. The molecule has 1 fully saturated rings. The minimum atomic E-state index is 0.194. The highest BCUT2D eigenvalue weighted by Gasteiger charge is 2.05. The van der Waals surface area contributed by atoms with E-state index in [-0.39, 0.29) is 5.34 Å². The number of rotatable bonds is 0. The Morgan fingerprint density at radius 2 is 1.70 bits per heavy atom. The van der Waals surface area contributed by atoms with Crippen LogP contribution in [0, 0.1) is 0 Å². The van der Waals surface area contributed by atoms with E-state index in [0.717, 1.165) is 25.9 Å². The standard InChI is InChI=1S/C5H12N2.CH2Cl2/c6-5-1-3-7-4-2-5;2-1-3/h5,7H,1-4,6H2;1H2. The highest BCUT2D eigenvalue weighted by atomic mass is 35.5. The second kappa shape index (κ2) is 7.61. The highest BCUT2D eigenvalue weighted by Crippen LogP contribution is 1.96. The zero-order valence-electron chi connectivity index (χ0n) is 5.95. The van der Waals surface area contributed by atoms with Crippen LogP contribution in [-0.4, -0.2) is 24.5 Å². The van der Waals surface area contributed by atoms with Crippen LogP contribution in [0.3, 0.4) is 0 Å². The Balaban J connectivity index is 0.000000236. The molecule has 0 amide bonds. The van der Waals surface area contributed by atoms with Crippen molar-refractivity contribution in [3.8, 4) is 0 Å². The van der Waals surface area contributed by atoms with Gasteiger partial charge >= 0.3 is 0 Å². The van der Waals surface area contributed by atoms with Gasteiger partial charge in [0.1, 0.15) is 0 Å². The molecule has 0 bridgehead atoms. The summed E-state index contributed by atoms with van der Waals surface area (Å²) in [6.45, 7) is 2.22. The first-order valence-corrected chi connectivity index (χ1v) is 4.46. The lowest BCUT2D eigenvalue weighted by atomic mass is 10.1. The first-order valence-electron chi connectivity index (χ1n) is 3.39. The van der Waals surface area contributed by atoms with Gasteiger partial charge in [-0.2, -0.15) is 0 Å². The molecule has 3 N–H and O–H groups in total. The lowest BCUT2D eigenvalue weighted by Crippen LogP contribution is -2.35. The molecule has 1 aliphatic rings. The normalized spacial score (nSPS) is 19.5. The summed E-state index contributed by atoms with van der Waals surface area (Å²) in [5.74, 6) is 0. The molecule has 0 aromatic rings. The van der Waals surface area contributed by atoms with Crippen molar-refractivity contribution in [2.45, 2.75) is 18.9 Å². The van der Waals surface area contributed by atoms with Crippen molar-refractivity contribution in [2.24, 2.45) is 5.73 Å². The van der Waals surface area contributed by atoms with Crippen LogP contribution in [0.1, 0.15) is 12.8 Å². The number of halogens is 2. The second-order valence-electron chi connectivity index (χ2n) is 2.19. The Hall–Kier alpha value is 0.500. The molecule has 0 aromatic carbocycles. The molecular weight excluding hydrogens is 171 g/mol. The molecule has 0 saturated carbocycles. The van der Waals surface area contributed by atoms with Crippen LogP contribution in [0.5, 0.6) is 0 Å². The predicted molar refractivity (Wildman–Crippen MR) is 46.7 cm³/mol. The lowest BCUT2D eigenvalue weighted by molar-refractivity contribution is 0.458. The van der Waals surface area contributed by atoms with Crippen molar-refractivity contribution < 1.29 is 0 Å². The number of piperidine rings is 1. The van der Waals surface area contributed by atoms with Gasteiger partial charge < -0.3 is 11.1 Å². The SMILES string of the molecule is ClCCl.NC1CCNCC1. The predicted octanol–water partition coefficient (Wildman–Crippen LogP) is 1.12. The molecule has 1 heterocycles. The van der Waals surface area contributed by atoms with Crippen molar-refractivity contribution in [3.05, 3.63) is 0 Å². The van der Waals surface area contributed by atoms with Crippen LogP contribution in [-0.2, 0) is 0 Å². The van der Waals surface area contributed by atoms with Crippen LogP contribution < -0.4 is 11.1 Å². The Morgan fingerprint density at radius 1 is 1.30 bits per heavy atom. The van der Waals surface area contributed by atoms with Crippen LogP contribution in [0.4, 0.5) is 0 Å². The fourth-order valence-corrected chi connectivity index (χ4v) is 0.844. The van der Waals surface area contributed by atoms with Gasteiger partial charge in [-0.25, -0.2) is 0 Å². The molecule has 62 valence electrons. The maximum atomic E-state index is 5.59. The average molecular weight is 185 g/mol. The molecule has 0 spiro atoms. The topological polar surface area (TPSA) is 38.0 Å². The molecular formula is C6H14Cl2N2. The zero-order chi connectivity index (χ0) is 7.82. The monoisotopic (exact) mass is 184 g/mol. The second-order valence-corrected chi connectivity index (χ2v) is 3.00. The molecule has 1 aliphatic heterocycles. The van der Waals surface area contributed by atoms with E-state index in [1.54, 1.807) is 0 Å². The van der Waals surface area contributed by atoms with Gasteiger partial charge in [0.05, 0.1) is 5.34 Å². The van der Waals surface area contributed by atoms with E-state index >= 15 is 0 Å². The summed E-state index contributed by atoms with van der Waals surface area (Å²) in [4.78, 5) is 0. The van der Waals surface area contributed by atoms with Gasteiger partial charge in [-0.1, -0.05) is 0 Å². The van der Waals surface area contributed by atoms with Crippen LogP contribution in [0.15, 0.2) is 0 Å². The van der Waals surface area contributed by atoms with E-state index in [1.165, 1.54) is 0 Å². The smallest absolute Gasteiger partial charge is 0.0967 e. The van der Waals surface area contributed by atoms with Gasteiger partial charge in [0.2, 0.25) is 0 Å². The van der Waals surface area contributed by atoms with E-state index < -0.39 is 0 Å². The minimum Gasteiger partial charge on any atom is -0.328 e. The van der Waals surface area contributed by atoms with E-state index in [4.69, 9.17) is 28.9 Å². The fraction of sp³-hybridized carbons (Fsp3) is 1.00. The van der Waals surface area contributed by atoms with Crippen molar-refractivity contribution in [3.63, 3.8) is 0 Å². The first-order chi connectivity index (χ1) is 4.81. The first kappa shape index (κ1) is 10.5. The summed E-state index contributed by atoms with van der Waals surface area (Å²) >= 11 is 9.53. The molecule has 0 atom stereocenters. The van der Waals surface area contributed by atoms with E-state index in [0.29, 0.717) is 6.04 Å². The summed E-state index contributed by atoms with van der Waals surface area (Å²) in [5.41, 5.74) is 5.59. The summed E-state index contributed by atoms with van der Waals surface area (Å²) in [6, 6.07) is 0.473. The van der Waals surface area contributed by atoms with Crippen LogP contribution in [0.25, 0.3) is 0 Å². The molecule has 10 heavy (non-hydrogen) atoms. The van der Waals surface area contributed by atoms with Crippen LogP contribution in [0.2, 0.25) is 0 Å². The summed E-state index contributed by atoms with van der Waals surface area (Å²) in [5, 5.41) is 3.43. The van der Waals surface area contributed by atoms with Gasteiger partial charge in [0.15, 0.2) is 0 Å². The molecule has 0 aromatic heterocycles. The van der Waals surface area contributed by atoms with Gasteiger partial charge in [-0.3, -0.25) is 0 Å². The lowest BCUT2D eigenvalue weighted by Gasteiger charge is -2.17. The van der Waals surface area contributed by atoms with Gasteiger partial charge in [0.25, 0.3) is 0 Å². The number of nitrogens with two attached hydrogens (primary N) is 1. The summed E-state index contributed by atoms with van der Waals surface area (Å²) < 4.78 is 0. The molecule has 1 saturated heterocycles. The fourth-order valence-electron chi connectivity index (χ4n) is 0.844. The Kier molecular flexibility index (Phi) is 7.99. The molecule has 0 aliphatic carbocycles. The quantitative estimate of drug-likeness (QED) is 0.555. The Bertz CT molecular complexity index is 64.8. The maximum absolute atomic E-state index is 5.59. The third-order valence-corrected chi connectivity index (χ3v) is 1.38. The van der Waals surface area contributed by atoms with Crippen molar-refractivity contribution in [2.75, 3.05) is 18.4 Å². The third kappa shape index (κ3) is 6.62. The molecule has 0 radical (unpaired) electrons. The Morgan fingerprint density at radius 3 is 1.90 bits per heavy atom. The molecule has 1 rings (SSSR count). The number of hydrogen-bond acceptors (Lipinski definition) is 2. The minimum absolute atomic E-state index is 0.194. The summed E-state index contributed by atoms with van der Waals surface area (Å²) in [7, 11) is 0. The largest absolute Gasteiger partial charge is 0.328 e. The highest BCUT2D eigenvalue weighted by molar-refractivity contribution is 6.40. The van der Waals surface area contributed by atoms with Gasteiger partial charge in [-0.15, -0.1) is 23.2 Å². The zero-order valence-corrected chi connectivity index (χ0v) is 7.46. The van der Waals surface area contributed by atoms with E-state index in [1.807, 2.05) is 0 Å². The maximum Gasteiger partial charge on any atom is 0.0967 e. The molecule has 4 heteroatoms. The van der Waals surface area contributed by atoms with Crippen molar-refractivity contribution in [1.29, 1.82) is 0 Å². The van der Waals surface area contributed by atoms with Crippen molar-refractivity contribution >= 4 is 23.2 Å².